The number of non-ortho nitro benzene ring substituents is 1. The van der Waals surface area contributed by atoms with Crippen LogP contribution in [0.2, 0.25) is 0 Å². The zero-order chi connectivity index (χ0) is 24.4. The number of carbonyl (C=O) groups excluding carboxylic acids is 3. The second-order valence-corrected chi connectivity index (χ2v) is 8.03. The van der Waals surface area contributed by atoms with Gasteiger partial charge in [0.1, 0.15) is 6.54 Å². The smallest absolute Gasteiger partial charge is 0.318 e. The van der Waals surface area contributed by atoms with E-state index >= 15 is 0 Å². The van der Waals surface area contributed by atoms with E-state index in [4.69, 9.17) is 0 Å². The lowest BCUT2D eigenvalue weighted by Crippen LogP contribution is -2.36. The number of nitrogens with one attached hydrogen (secondary N) is 1. The van der Waals surface area contributed by atoms with E-state index in [0.717, 1.165) is 23.3 Å². The first-order chi connectivity index (χ1) is 15.5. The predicted molar refractivity (Wildman–Crippen MR) is 119 cm³/mol. The average molecular weight is 472 g/mol. The average Bonchev–Trinajstić information content (AvgIpc) is 2.99. The van der Waals surface area contributed by atoms with Crippen molar-refractivity contribution in [2.45, 2.75) is 13.8 Å². The SMILES string of the molecule is Cc1ccc(NC(=O)CN2C(=O)S/C(=C/c3cc([N+](=O)[O-])cc([N+](=O)[O-])c3O)C2=O)cc1C. The number of benzene rings is 2. The molecule has 0 saturated carbocycles. The Balaban J connectivity index is 1.83. The van der Waals surface area contributed by atoms with Crippen molar-refractivity contribution >= 4 is 52.0 Å². The summed E-state index contributed by atoms with van der Waals surface area (Å²) in [5.74, 6) is -2.41. The highest BCUT2D eigenvalue weighted by molar-refractivity contribution is 8.18. The topological polar surface area (TPSA) is 173 Å². The summed E-state index contributed by atoms with van der Waals surface area (Å²) in [7, 11) is 0. The molecule has 1 fully saturated rings. The molecule has 2 N–H and O–H groups in total. The zero-order valence-corrected chi connectivity index (χ0v) is 18.0. The maximum Gasteiger partial charge on any atom is 0.318 e. The van der Waals surface area contributed by atoms with Gasteiger partial charge in [-0.1, -0.05) is 6.07 Å². The molecule has 0 spiro atoms. The number of aryl methyl sites for hydroxylation is 2. The fraction of sp³-hybridized carbons (Fsp3) is 0.150. The van der Waals surface area contributed by atoms with Crippen molar-refractivity contribution in [3.05, 3.63) is 72.2 Å². The van der Waals surface area contributed by atoms with Gasteiger partial charge in [0, 0.05) is 17.3 Å². The normalized spacial score (nSPS) is 14.6. The van der Waals surface area contributed by atoms with Gasteiger partial charge in [0.25, 0.3) is 16.8 Å². The minimum Gasteiger partial charge on any atom is -0.502 e. The minimum absolute atomic E-state index is 0.260. The quantitative estimate of drug-likeness (QED) is 0.362. The van der Waals surface area contributed by atoms with Crippen LogP contribution in [-0.2, 0) is 9.59 Å². The largest absolute Gasteiger partial charge is 0.502 e. The van der Waals surface area contributed by atoms with Crippen LogP contribution >= 0.6 is 11.8 Å². The lowest BCUT2D eigenvalue weighted by atomic mass is 10.1. The van der Waals surface area contributed by atoms with Crippen LogP contribution in [0.3, 0.4) is 0 Å². The summed E-state index contributed by atoms with van der Waals surface area (Å²) in [6, 6.07) is 6.63. The van der Waals surface area contributed by atoms with Gasteiger partial charge in [-0.05, 0) is 54.9 Å². The van der Waals surface area contributed by atoms with Gasteiger partial charge < -0.3 is 10.4 Å². The van der Waals surface area contributed by atoms with Crippen LogP contribution in [-0.4, -0.2) is 43.5 Å². The van der Waals surface area contributed by atoms with E-state index in [1.165, 1.54) is 0 Å². The third-order valence-electron chi connectivity index (χ3n) is 4.76. The number of hydrogen-bond acceptors (Lipinski definition) is 9. The van der Waals surface area contributed by atoms with Crippen molar-refractivity contribution < 1.29 is 29.3 Å². The van der Waals surface area contributed by atoms with E-state index in [9.17, 15) is 39.7 Å². The van der Waals surface area contributed by atoms with Gasteiger partial charge in [0.2, 0.25) is 11.7 Å². The molecule has 0 bridgehead atoms. The van der Waals surface area contributed by atoms with Gasteiger partial charge in [-0.2, -0.15) is 0 Å². The summed E-state index contributed by atoms with van der Waals surface area (Å²) in [6.07, 6.45) is 0.932. The summed E-state index contributed by atoms with van der Waals surface area (Å²) in [5, 5.41) is 34.1. The summed E-state index contributed by atoms with van der Waals surface area (Å²) < 4.78 is 0. The Morgan fingerprint density at radius 1 is 1.12 bits per heavy atom. The van der Waals surface area contributed by atoms with Gasteiger partial charge in [0.05, 0.1) is 20.8 Å². The number of anilines is 1. The number of nitro benzene ring substituents is 2. The highest BCUT2D eigenvalue weighted by Gasteiger charge is 2.37. The van der Waals surface area contributed by atoms with Gasteiger partial charge >= 0.3 is 5.69 Å². The molecule has 12 nitrogen and oxygen atoms in total. The fourth-order valence-electron chi connectivity index (χ4n) is 2.92. The van der Waals surface area contributed by atoms with Crippen LogP contribution in [0.1, 0.15) is 16.7 Å². The van der Waals surface area contributed by atoms with Crippen LogP contribution in [0.15, 0.2) is 35.2 Å². The Bertz CT molecular complexity index is 1260. The van der Waals surface area contributed by atoms with Crippen LogP contribution in [0.4, 0.5) is 21.9 Å². The van der Waals surface area contributed by atoms with Crippen LogP contribution in [0.25, 0.3) is 6.08 Å². The number of aromatic hydroxyl groups is 1. The highest BCUT2D eigenvalue weighted by Crippen LogP contribution is 2.39. The van der Waals surface area contributed by atoms with Crippen LogP contribution < -0.4 is 5.32 Å². The van der Waals surface area contributed by atoms with E-state index in [0.29, 0.717) is 28.4 Å². The third-order valence-corrected chi connectivity index (χ3v) is 5.67. The molecular weight excluding hydrogens is 456 g/mol. The molecule has 0 unspecified atom stereocenters. The van der Waals surface area contributed by atoms with Crippen molar-refractivity contribution in [1.82, 2.24) is 4.90 Å². The molecule has 33 heavy (non-hydrogen) atoms. The number of thioether (sulfide) groups is 1. The molecular formula is C20H16N4O8S. The molecule has 13 heteroatoms. The Morgan fingerprint density at radius 3 is 2.42 bits per heavy atom. The molecule has 0 atom stereocenters. The van der Waals surface area contributed by atoms with Crippen LogP contribution in [0.5, 0.6) is 5.75 Å². The molecule has 1 heterocycles. The lowest BCUT2D eigenvalue weighted by molar-refractivity contribution is -0.394. The molecule has 170 valence electrons. The maximum absolute atomic E-state index is 12.6. The standard InChI is InChI=1S/C20H16N4O8S/c1-10-3-4-13(5-11(10)2)21-17(25)9-22-19(27)16(33-20(22)28)7-12-6-14(23(29)30)8-15(18(12)26)24(31)32/h3-8,26H,9H2,1-2H3,(H,21,25)/b16-7+. The van der Waals surface area contributed by atoms with Crippen molar-refractivity contribution in [3.63, 3.8) is 0 Å². The van der Waals surface area contributed by atoms with E-state index in [2.05, 4.69) is 5.32 Å². The monoisotopic (exact) mass is 472 g/mol. The Kier molecular flexibility index (Phi) is 6.44. The number of hydrogen-bond donors (Lipinski definition) is 2. The number of phenolic OH excluding ortho intramolecular Hbond substituents is 1. The van der Waals surface area contributed by atoms with Gasteiger partial charge in [0.15, 0.2) is 0 Å². The molecule has 2 aromatic carbocycles. The Labute approximate surface area is 190 Å². The van der Waals surface area contributed by atoms with Gasteiger partial charge in [-0.3, -0.25) is 39.5 Å². The number of nitro groups is 2. The van der Waals surface area contributed by atoms with Crippen molar-refractivity contribution in [2.75, 3.05) is 11.9 Å². The van der Waals surface area contributed by atoms with Gasteiger partial charge in [-0.25, -0.2) is 0 Å². The Morgan fingerprint density at radius 2 is 1.82 bits per heavy atom. The summed E-state index contributed by atoms with van der Waals surface area (Å²) in [5.41, 5.74) is 0.446. The van der Waals surface area contributed by atoms with Crippen LogP contribution in [0, 0.1) is 34.1 Å². The van der Waals surface area contributed by atoms with E-state index < -0.39 is 50.6 Å². The van der Waals surface area contributed by atoms with Gasteiger partial charge in [-0.15, -0.1) is 0 Å². The number of nitrogens with zero attached hydrogens (tertiary/aromatic N) is 3. The molecule has 1 aliphatic heterocycles. The number of imide groups is 1. The maximum atomic E-state index is 12.6. The molecule has 0 radical (unpaired) electrons. The summed E-state index contributed by atoms with van der Waals surface area (Å²) in [4.78, 5) is 57.9. The number of rotatable bonds is 6. The highest BCUT2D eigenvalue weighted by atomic mass is 32.2. The summed E-state index contributed by atoms with van der Waals surface area (Å²) in [6.45, 7) is 3.18. The molecule has 1 aliphatic rings. The first kappa shape index (κ1) is 23.4. The molecule has 3 rings (SSSR count). The summed E-state index contributed by atoms with van der Waals surface area (Å²) >= 11 is 0.434. The Hall–Kier alpha value is -4.26. The number of carbonyl (C=O) groups is 3. The third kappa shape index (κ3) is 4.98. The van der Waals surface area contributed by atoms with Crippen molar-refractivity contribution in [1.29, 1.82) is 0 Å². The second kappa shape index (κ2) is 9.08. The molecule has 3 amide bonds. The first-order valence-corrected chi connectivity index (χ1v) is 10.1. The molecule has 1 saturated heterocycles. The molecule has 0 aromatic heterocycles. The molecule has 2 aromatic rings. The van der Waals surface area contributed by atoms with Crippen molar-refractivity contribution in [3.8, 4) is 5.75 Å². The number of phenols is 1. The molecule has 0 aliphatic carbocycles. The zero-order valence-electron chi connectivity index (χ0n) is 17.2. The van der Waals surface area contributed by atoms with E-state index in [1.54, 1.807) is 18.2 Å². The van der Waals surface area contributed by atoms with E-state index in [1.807, 2.05) is 13.8 Å². The minimum atomic E-state index is -1.01. The predicted octanol–water partition coefficient (Wildman–Crippen LogP) is 3.50. The lowest BCUT2D eigenvalue weighted by Gasteiger charge is -2.13. The second-order valence-electron chi connectivity index (χ2n) is 7.03. The van der Waals surface area contributed by atoms with Crippen molar-refractivity contribution in [2.24, 2.45) is 0 Å². The van der Waals surface area contributed by atoms with E-state index in [-0.39, 0.29) is 10.5 Å². The first-order valence-electron chi connectivity index (χ1n) is 9.26. The number of amides is 3. The fourth-order valence-corrected chi connectivity index (χ4v) is 3.75.